The molecule has 13 heteroatoms. The number of esters is 1. The molecule has 13 nitrogen and oxygen atoms in total. The molecule has 0 spiro atoms. The van der Waals surface area contributed by atoms with Crippen LogP contribution in [0.4, 0.5) is 0 Å². The molecule has 4 saturated heterocycles. The van der Waals surface area contributed by atoms with Crippen LogP contribution in [0.5, 0.6) is 0 Å². The largest absolute Gasteiger partial charge is 0.461 e. The summed E-state index contributed by atoms with van der Waals surface area (Å²) in [6.45, 7) is 8.24. The van der Waals surface area contributed by atoms with Crippen LogP contribution < -0.4 is 0 Å². The van der Waals surface area contributed by atoms with Crippen LogP contribution in [0.2, 0.25) is 0 Å². The molecule has 6 bridgehead atoms. The first-order valence-electron chi connectivity index (χ1n) is 14.4. The van der Waals surface area contributed by atoms with Crippen LogP contribution in [0.15, 0.2) is 30.3 Å². The van der Waals surface area contributed by atoms with Crippen LogP contribution >= 0.6 is 0 Å². The van der Waals surface area contributed by atoms with Gasteiger partial charge in [0.15, 0.2) is 24.7 Å². The van der Waals surface area contributed by atoms with Gasteiger partial charge in [0.1, 0.15) is 42.2 Å². The SMILES string of the molecule is CCOC(C)OCC.C[C@@]12C[C@@]3(O)O[C@@H](O1)[C@]1(COC(=O)c4ccccc4)[C@H]3C[C@@]12O[C@@H]1O[C@H](CO)[C@@H](O)[C@H](O)[C@H]1O. The van der Waals surface area contributed by atoms with E-state index < -0.39 is 77.9 Å². The smallest absolute Gasteiger partial charge is 0.338 e. The lowest BCUT2D eigenvalue weighted by Gasteiger charge is -2.67. The summed E-state index contributed by atoms with van der Waals surface area (Å²) in [6, 6.07) is 8.47. The van der Waals surface area contributed by atoms with Gasteiger partial charge in [0.25, 0.3) is 0 Å². The van der Waals surface area contributed by atoms with Crippen LogP contribution in [0.25, 0.3) is 0 Å². The Kier molecular flexibility index (Phi) is 8.77. The van der Waals surface area contributed by atoms with E-state index in [0.717, 1.165) is 13.2 Å². The lowest BCUT2D eigenvalue weighted by atomic mass is 9.41. The molecule has 7 fully saturated rings. The van der Waals surface area contributed by atoms with Crippen molar-refractivity contribution >= 4 is 5.97 Å². The van der Waals surface area contributed by atoms with E-state index in [0.29, 0.717) is 5.56 Å². The zero-order valence-electron chi connectivity index (χ0n) is 24.3. The molecule has 4 heterocycles. The maximum atomic E-state index is 12.7. The third-order valence-corrected chi connectivity index (χ3v) is 9.37. The molecule has 3 aliphatic carbocycles. The molecule has 7 aliphatic rings. The predicted octanol–water partition coefficient (Wildman–Crippen LogP) is 0.0479. The summed E-state index contributed by atoms with van der Waals surface area (Å²) in [5.41, 5.74) is -2.99. The first-order chi connectivity index (χ1) is 19.9. The van der Waals surface area contributed by atoms with Crippen molar-refractivity contribution in [2.24, 2.45) is 11.3 Å². The van der Waals surface area contributed by atoms with E-state index in [1.807, 2.05) is 20.8 Å². The minimum atomic E-state index is -1.61. The molecule has 0 radical (unpaired) electrons. The van der Waals surface area contributed by atoms with E-state index in [4.69, 9.17) is 33.2 Å². The van der Waals surface area contributed by atoms with Gasteiger partial charge in [0, 0.05) is 25.6 Å². The molecule has 3 saturated carbocycles. The van der Waals surface area contributed by atoms with Crippen molar-refractivity contribution in [2.45, 2.75) is 101 Å². The summed E-state index contributed by atoms with van der Waals surface area (Å²) in [5.74, 6) is -2.49. The number of aliphatic hydroxyl groups is 5. The number of hydrogen-bond acceptors (Lipinski definition) is 13. The van der Waals surface area contributed by atoms with Crippen LogP contribution in [0.1, 0.15) is 50.9 Å². The Balaban J connectivity index is 0.000000390. The molecule has 8 rings (SSSR count). The first kappa shape index (κ1) is 31.7. The van der Waals surface area contributed by atoms with Gasteiger partial charge in [-0.25, -0.2) is 4.79 Å². The molecule has 5 N–H and O–H groups in total. The summed E-state index contributed by atoms with van der Waals surface area (Å²) in [4.78, 5) is 12.7. The van der Waals surface area contributed by atoms with Crippen molar-refractivity contribution in [3.05, 3.63) is 35.9 Å². The van der Waals surface area contributed by atoms with Gasteiger partial charge in [-0.15, -0.1) is 0 Å². The maximum absolute atomic E-state index is 12.7. The second kappa shape index (κ2) is 11.6. The normalized spacial score (nSPS) is 44.5. The number of carbonyl (C=O) groups is 1. The van der Waals surface area contributed by atoms with Crippen molar-refractivity contribution in [1.82, 2.24) is 0 Å². The fraction of sp³-hybridized carbons (Fsp3) is 0.759. The summed E-state index contributed by atoms with van der Waals surface area (Å²) < 4.78 is 39.8. The zero-order valence-corrected chi connectivity index (χ0v) is 24.3. The highest BCUT2D eigenvalue weighted by molar-refractivity contribution is 5.89. The van der Waals surface area contributed by atoms with E-state index >= 15 is 0 Å². The van der Waals surface area contributed by atoms with Gasteiger partial charge in [-0.3, -0.25) is 0 Å². The molecule has 4 aliphatic heterocycles. The van der Waals surface area contributed by atoms with Crippen LogP contribution in [0.3, 0.4) is 0 Å². The minimum Gasteiger partial charge on any atom is -0.461 e. The number of hydrogen-bond donors (Lipinski definition) is 5. The molecular formula is C29H42O13. The van der Waals surface area contributed by atoms with Gasteiger partial charge in [-0.05, 0) is 46.2 Å². The lowest BCUT2D eigenvalue weighted by Crippen LogP contribution is -2.80. The van der Waals surface area contributed by atoms with Crippen LogP contribution in [0, 0.1) is 11.3 Å². The highest BCUT2D eigenvalue weighted by Gasteiger charge is 2.94. The van der Waals surface area contributed by atoms with E-state index in [2.05, 4.69) is 0 Å². The fourth-order valence-electron chi connectivity index (χ4n) is 7.39. The monoisotopic (exact) mass is 598 g/mol. The Hall–Kier alpha value is -1.75. The second-order valence-electron chi connectivity index (χ2n) is 11.7. The average Bonchev–Trinajstić information content (AvgIpc) is 3.15. The van der Waals surface area contributed by atoms with Gasteiger partial charge in [0.2, 0.25) is 0 Å². The highest BCUT2D eigenvalue weighted by atomic mass is 16.8. The minimum absolute atomic E-state index is 0.0370. The van der Waals surface area contributed by atoms with Crippen molar-refractivity contribution in [1.29, 1.82) is 0 Å². The van der Waals surface area contributed by atoms with Crippen molar-refractivity contribution in [2.75, 3.05) is 26.4 Å². The van der Waals surface area contributed by atoms with Gasteiger partial charge in [-0.1, -0.05) is 18.2 Å². The Bertz CT molecular complexity index is 1100. The van der Waals surface area contributed by atoms with Crippen LogP contribution in [-0.4, -0.2) is 118 Å². The predicted molar refractivity (Wildman–Crippen MR) is 141 cm³/mol. The molecule has 1 aromatic rings. The molecule has 11 atom stereocenters. The number of aliphatic hydroxyl groups excluding tert-OH is 4. The van der Waals surface area contributed by atoms with Gasteiger partial charge < -0.3 is 58.7 Å². The van der Waals surface area contributed by atoms with Gasteiger partial charge in [0.05, 0.1) is 17.6 Å². The number of carbonyl (C=O) groups excluding carboxylic acids is 1. The number of rotatable bonds is 10. The van der Waals surface area contributed by atoms with E-state index in [-0.39, 0.29) is 25.7 Å². The van der Waals surface area contributed by atoms with Crippen LogP contribution in [-0.2, 0) is 33.2 Å². The van der Waals surface area contributed by atoms with E-state index in [1.54, 1.807) is 37.3 Å². The summed E-state index contributed by atoms with van der Waals surface area (Å²) in [7, 11) is 0. The second-order valence-corrected chi connectivity index (χ2v) is 11.7. The Labute approximate surface area is 244 Å². The molecule has 236 valence electrons. The van der Waals surface area contributed by atoms with E-state index in [9.17, 15) is 30.3 Å². The van der Waals surface area contributed by atoms with Gasteiger partial charge >= 0.3 is 5.97 Å². The number of benzene rings is 1. The zero-order chi connectivity index (χ0) is 30.5. The summed E-state index contributed by atoms with van der Waals surface area (Å²) in [6.07, 6.45) is -7.91. The van der Waals surface area contributed by atoms with Crippen molar-refractivity contribution in [3.8, 4) is 0 Å². The molecular weight excluding hydrogens is 556 g/mol. The third kappa shape index (κ3) is 4.70. The topological polar surface area (TPSA) is 183 Å². The fourth-order valence-corrected chi connectivity index (χ4v) is 7.39. The van der Waals surface area contributed by atoms with Gasteiger partial charge in [-0.2, -0.15) is 0 Å². The molecule has 0 amide bonds. The summed E-state index contributed by atoms with van der Waals surface area (Å²) in [5, 5.41) is 51.7. The quantitative estimate of drug-likeness (QED) is 0.180. The number of ether oxygens (including phenoxy) is 7. The van der Waals surface area contributed by atoms with Crippen molar-refractivity contribution < 1.29 is 63.5 Å². The average molecular weight is 599 g/mol. The lowest BCUT2D eigenvalue weighted by molar-refractivity contribution is -0.424. The molecule has 1 aromatic carbocycles. The first-order valence-corrected chi connectivity index (χ1v) is 14.4. The van der Waals surface area contributed by atoms with E-state index in [1.165, 1.54) is 0 Å². The summed E-state index contributed by atoms with van der Waals surface area (Å²) >= 11 is 0. The maximum Gasteiger partial charge on any atom is 0.338 e. The van der Waals surface area contributed by atoms with Crippen molar-refractivity contribution in [3.63, 3.8) is 0 Å². The highest BCUT2D eigenvalue weighted by Crippen LogP contribution is 2.81. The Morgan fingerprint density at radius 3 is 2.33 bits per heavy atom. The molecule has 0 aromatic heterocycles. The third-order valence-electron chi connectivity index (χ3n) is 9.37. The standard InChI is InChI=1S/C23H28O11.C6H14O2/c1-20-9-22(29)13-7-23(20,32-18-16(27)15(26)14(25)12(8-24)31-18)21(13,19(33-20)34-22)10-30-17(28)11-5-3-2-4-6-11;1-4-7-6(3)8-5-2/h2-6,12-16,18-19,24-27,29H,7-10H2,1H3;6H,4-5H2,1-3H3/t12-,13-,14-,15+,16-,18+,19-,20+,21+,22-,23+;/m1./s1. The Morgan fingerprint density at radius 1 is 1.05 bits per heavy atom. The Morgan fingerprint density at radius 2 is 1.71 bits per heavy atom. The molecule has 42 heavy (non-hydrogen) atoms. The molecule has 0 unspecified atom stereocenters.